The molecule has 0 fully saturated rings. The van der Waals surface area contributed by atoms with E-state index in [-0.39, 0.29) is 12.2 Å². The van der Waals surface area contributed by atoms with Crippen molar-refractivity contribution in [2.24, 2.45) is 0 Å². The molecule has 2 nitrogen and oxygen atoms in total. The second kappa shape index (κ2) is 5.16. The van der Waals surface area contributed by atoms with Crippen molar-refractivity contribution >= 4 is 5.97 Å². The molecule has 0 heterocycles. The molecular formula is C12H11FO2. The highest BCUT2D eigenvalue weighted by atomic mass is 19.1. The van der Waals surface area contributed by atoms with Gasteiger partial charge >= 0.3 is 5.97 Å². The summed E-state index contributed by atoms with van der Waals surface area (Å²) in [4.78, 5) is 10.7. The molecule has 0 amide bonds. The van der Waals surface area contributed by atoms with Crippen LogP contribution >= 0.6 is 0 Å². The maximum atomic E-state index is 13.4. The molecule has 0 aromatic heterocycles. The first-order chi connectivity index (χ1) is 7.15. The van der Waals surface area contributed by atoms with Crippen LogP contribution in [0.3, 0.4) is 0 Å². The number of ether oxygens (including phenoxy) is 1. The lowest BCUT2D eigenvalue weighted by molar-refractivity contribution is -0.139. The van der Waals surface area contributed by atoms with E-state index in [1.54, 1.807) is 25.1 Å². The maximum Gasteiger partial charge on any atom is 0.317 e. The van der Waals surface area contributed by atoms with Crippen molar-refractivity contribution in [1.82, 2.24) is 0 Å². The van der Waals surface area contributed by atoms with Gasteiger partial charge in [0.2, 0.25) is 0 Å². The summed E-state index contributed by atoms with van der Waals surface area (Å²) in [5.74, 6) is 4.39. The molecule has 0 atom stereocenters. The van der Waals surface area contributed by atoms with Gasteiger partial charge in [0, 0.05) is 0 Å². The van der Waals surface area contributed by atoms with E-state index in [1.807, 2.05) is 0 Å². The van der Waals surface area contributed by atoms with E-state index in [0.29, 0.717) is 11.1 Å². The number of hydrogen-bond donors (Lipinski definition) is 0. The van der Waals surface area contributed by atoms with Gasteiger partial charge in [-0.3, -0.25) is 4.79 Å². The molecule has 0 radical (unpaired) electrons. The van der Waals surface area contributed by atoms with Crippen molar-refractivity contribution in [2.45, 2.75) is 13.3 Å². The Kier molecular flexibility index (Phi) is 3.87. The summed E-state index contributed by atoms with van der Waals surface area (Å²) in [7, 11) is 1.29. The first-order valence-electron chi connectivity index (χ1n) is 4.46. The van der Waals surface area contributed by atoms with Gasteiger partial charge in [0.05, 0.1) is 12.7 Å². The van der Waals surface area contributed by atoms with E-state index in [4.69, 9.17) is 0 Å². The standard InChI is InChI=1S/C12H11FO2/c1-9-5-3-6-10(12(9)13)7-4-8-11(14)15-2/h3,5-6H,8H2,1-2H3. The lowest BCUT2D eigenvalue weighted by Crippen LogP contribution is -1.97. The van der Waals surface area contributed by atoms with Crippen LogP contribution in [0.2, 0.25) is 0 Å². The molecule has 0 saturated heterocycles. The smallest absolute Gasteiger partial charge is 0.317 e. The third kappa shape index (κ3) is 3.10. The Balaban J connectivity index is 2.80. The SMILES string of the molecule is COC(=O)CC#Cc1cccc(C)c1F. The Labute approximate surface area is 88.1 Å². The molecule has 0 bridgehead atoms. The fourth-order valence-electron chi connectivity index (χ4n) is 1.03. The van der Waals surface area contributed by atoms with Gasteiger partial charge in [0.25, 0.3) is 0 Å². The van der Waals surface area contributed by atoms with Crippen LogP contribution in [0, 0.1) is 24.6 Å². The van der Waals surface area contributed by atoms with Crippen LogP contribution in [0.5, 0.6) is 0 Å². The zero-order chi connectivity index (χ0) is 11.3. The molecule has 0 N–H and O–H groups in total. The fraction of sp³-hybridized carbons (Fsp3) is 0.250. The van der Waals surface area contributed by atoms with Gasteiger partial charge in [-0.05, 0) is 18.6 Å². The monoisotopic (exact) mass is 206 g/mol. The Morgan fingerprint density at radius 3 is 2.93 bits per heavy atom. The number of methoxy groups -OCH3 is 1. The average Bonchev–Trinajstić information content (AvgIpc) is 2.24. The highest BCUT2D eigenvalue weighted by Crippen LogP contribution is 2.10. The van der Waals surface area contributed by atoms with Crippen molar-refractivity contribution in [2.75, 3.05) is 7.11 Å². The first kappa shape index (κ1) is 11.3. The molecule has 78 valence electrons. The third-order valence-corrected chi connectivity index (χ3v) is 1.88. The Bertz CT molecular complexity index is 427. The summed E-state index contributed by atoms with van der Waals surface area (Å²) >= 11 is 0. The Hall–Kier alpha value is -1.82. The Morgan fingerprint density at radius 1 is 1.53 bits per heavy atom. The van der Waals surface area contributed by atoms with E-state index in [1.165, 1.54) is 7.11 Å². The van der Waals surface area contributed by atoms with Crippen molar-refractivity contribution in [3.63, 3.8) is 0 Å². The molecule has 0 saturated carbocycles. The number of carbonyl (C=O) groups excluding carboxylic acids is 1. The molecule has 1 aromatic rings. The van der Waals surface area contributed by atoms with Crippen molar-refractivity contribution in [3.8, 4) is 11.8 Å². The molecule has 0 aliphatic heterocycles. The molecule has 3 heteroatoms. The summed E-state index contributed by atoms with van der Waals surface area (Å²) in [5.41, 5.74) is 0.846. The van der Waals surface area contributed by atoms with Crippen molar-refractivity contribution in [3.05, 3.63) is 35.1 Å². The molecule has 15 heavy (non-hydrogen) atoms. The third-order valence-electron chi connectivity index (χ3n) is 1.88. The quantitative estimate of drug-likeness (QED) is 0.519. The number of carbonyl (C=O) groups is 1. The predicted octanol–water partition coefficient (Wildman–Crippen LogP) is 2.05. The van der Waals surface area contributed by atoms with Crippen LogP contribution in [0.4, 0.5) is 4.39 Å². The minimum Gasteiger partial charge on any atom is -0.468 e. The Morgan fingerprint density at radius 2 is 2.27 bits per heavy atom. The number of benzene rings is 1. The van der Waals surface area contributed by atoms with Gasteiger partial charge in [-0.1, -0.05) is 24.0 Å². The molecule has 1 rings (SSSR count). The highest BCUT2D eigenvalue weighted by Gasteiger charge is 2.01. The predicted molar refractivity (Wildman–Crippen MR) is 54.6 cm³/mol. The van der Waals surface area contributed by atoms with Gasteiger partial charge in [-0.25, -0.2) is 4.39 Å². The average molecular weight is 206 g/mol. The topological polar surface area (TPSA) is 26.3 Å². The van der Waals surface area contributed by atoms with Crippen LogP contribution in [0.25, 0.3) is 0 Å². The van der Waals surface area contributed by atoms with Crippen LogP contribution < -0.4 is 0 Å². The second-order valence-electron chi connectivity index (χ2n) is 2.99. The van der Waals surface area contributed by atoms with Crippen LogP contribution in [-0.2, 0) is 9.53 Å². The van der Waals surface area contributed by atoms with Gasteiger partial charge in [0.15, 0.2) is 0 Å². The maximum absolute atomic E-state index is 13.4. The summed E-state index contributed by atoms with van der Waals surface area (Å²) in [6.07, 6.45) is -0.0239. The second-order valence-corrected chi connectivity index (χ2v) is 2.99. The largest absolute Gasteiger partial charge is 0.468 e. The molecule has 0 aliphatic rings. The van der Waals surface area contributed by atoms with E-state index < -0.39 is 5.97 Å². The van der Waals surface area contributed by atoms with Crippen LogP contribution in [-0.4, -0.2) is 13.1 Å². The summed E-state index contributed by atoms with van der Waals surface area (Å²) < 4.78 is 17.8. The lowest BCUT2D eigenvalue weighted by Gasteiger charge is -1.97. The zero-order valence-corrected chi connectivity index (χ0v) is 8.63. The minimum absolute atomic E-state index is 0.0239. The first-order valence-corrected chi connectivity index (χ1v) is 4.46. The van der Waals surface area contributed by atoms with E-state index in [2.05, 4.69) is 16.6 Å². The number of rotatable bonds is 1. The molecule has 0 unspecified atom stereocenters. The van der Waals surface area contributed by atoms with Gasteiger partial charge in [0.1, 0.15) is 12.2 Å². The fourth-order valence-corrected chi connectivity index (χ4v) is 1.03. The molecule has 1 aromatic carbocycles. The van der Waals surface area contributed by atoms with Gasteiger partial charge in [-0.15, -0.1) is 0 Å². The van der Waals surface area contributed by atoms with E-state index in [0.717, 1.165) is 0 Å². The number of aryl methyl sites for hydroxylation is 1. The highest BCUT2D eigenvalue weighted by molar-refractivity contribution is 5.72. The number of hydrogen-bond acceptors (Lipinski definition) is 2. The molecular weight excluding hydrogens is 195 g/mol. The van der Waals surface area contributed by atoms with Crippen molar-refractivity contribution < 1.29 is 13.9 Å². The normalized spacial score (nSPS) is 9.00. The summed E-state index contributed by atoms with van der Waals surface area (Å²) in [5, 5.41) is 0. The number of halogens is 1. The summed E-state index contributed by atoms with van der Waals surface area (Å²) in [6.45, 7) is 1.67. The number of esters is 1. The molecule has 0 spiro atoms. The van der Waals surface area contributed by atoms with Gasteiger partial charge in [-0.2, -0.15) is 0 Å². The minimum atomic E-state index is -0.421. The van der Waals surface area contributed by atoms with Crippen molar-refractivity contribution in [1.29, 1.82) is 0 Å². The van der Waals surface area contributed by atoms with Gasteiger partial charge < -0.3 is 4.74 Å². The van der Waals surface area contributed by atoms with Crippen LogP contribution in [0.15, 0.2) is 18.2 Å². The zero-order valence-electron chi connectivity index (χ0n) is 8.63. The summed E-state index contributed by atoms with van der Waals surface area (Å²) in [6, 6.07) is 4.97. The van der Waals surface area contributed by atoms with Crippen LogP contribution in [0.1, 0.15) is 17.5 Å². The van der Waals surface area contributed by atoms with E-state index in [9.17, 15) is 9.18 Å². The lowest BCUT2D eigenvalue weighted by atomic mass is 10.1. The van der Waals surface area contributed by atoms with E-state index >= 15 is 0 Å². The molecule has 0 aliphatic carbocycles.